The minimum atomic E-state index is -0.982. The maximum Gasteiger partial charge on any atom is 0.335 e. The van der Waals surface area contributed by atoms with Crippen molar-refractivity contribution in [3.63, 3.8) is 0 Å². The topological polar surface area (TPSA) is 111 Å². The van der Waals surface area contributed by atoms with E-state index in [0.717, 1.165) is 11.1 Å². The molecule has 0 aliphatic heterocycles. The fraction of sp³-hybridized carbons (Fsp3) is 0.130. The number of nitro groups is 1. The van der Waals surface area contributed by atoms with Crippen LogP contribution in [0.1, 0.15) is 28.4 Å². The van der Waals surface area contributed by atoms with E-state index < -0.39 is 10.9 Å². The molecular weight excluding hydrogens is 480 g/mol. The first kappa shape index (κ1) is 23.0. The molecule has 3 aromatic rings. The van der Waals surface area contributed by atoms with Crippen LogP contribution in [0.2, 0.25) is 0 Å². The van der Waals surface area contributed by atoms with Crippen molar-refractivity contribution in [2.24, 2.45) is 4.99 Å². The highest BCUT2D eigenvalue weighted by molar-refractivity contribution is 9.10. The SMILES string of the molecule is CCOc1cc(C=Nc2ccc([N+](=O)[O-])cc2)cc(Br)c1OCc1ccc(C(=O)O)cc1. The number of hydrogen-bond donors (Lipinski definition) is 1. The zero-order valence-corrected chi connectivity index (χ0v) is 18.6. The smallest absolute Gasteiger partial charge is 0.335 e. The molecule has 9 heteroatoms. The number of rotatable bonds is 9. The summed E-state index contributed by atoms with van der Waals surface area (Å²) in [4.78, 5) is 25.6. The molecule has 0 unspecified atom stereocenters. The number of benzene rings is 3. The molecule has 0 radical (unpaired) electrons. The van der Waals surface area contributed by atoms with Gasteiger partial charge in [0, 0.05) is 18.3 Å². The summed E-state index contributed by atoms with van der Waals surface area (Å²) in [6.07, 6.45) is 1.63. The Morgan fingerprint density at radius 3 is 2.41 bits per heavy atom. The molecule has 0 saturated carbocycles. The third-order valence-corrected chi connectivity index (χ3v) is 4.93. The van der Waals surface area contributed by atoms with E-state index in [-0.39, 0.29) is 17.9 Å². The summed E-state index contributed by atoms with van der Waals surface area (Å²) in [7, 11) is 0. The number of carbonyl (C=O) groups is 1. The van der Waals surface area contributed by atoms with Gasteiger partial charge in [0.25, 0.3) is 5.69 Å². The molecule has 0 aromatic heterocycles. The normalized spacial score (nSPS) is 10.8. The zero-order valence-electron chi connectivity index (χ0n) is 17.0. The molecule has 32 heavy (non-hydrogen) atoms. The van der Waals surface area contributed by atoms with Crippen LogP contribution >= 0.6 is 15.9 Å². The van der Waals surface area contributed by atoms with Gasteiger partial charge in [-0.05, 0) is 70.4 Å². The van der Waals surface area contributed by atoms with Crippen LogP contribution in [0.5, 0.6) is 11.5 Å². The van der Waals surface area contributed by atoms with E-state index >= 15 is 0 Å². The maximum atomic E-state index is 11.0. The first-order valence-electron chi connectivity index (χ1n) is 9.57. The molecule has 0 bridgehead atoms. The largest absolute Gasteiger partial charge is 0.490 e. The van der Waals surface area contributed by atoms with E-state index in [4.69, 9.17) is 14.6 Å². The Bertz CT molecular complexity index is 1140. The lowest BCUT2D eigenvalue weighted by Gasteiger charge is -2.15. The van der Waals surface area contributed by atoms with Gasteiger partial charge in [0.1, 0.15) is 6.61 Å². The van der Waals surface area contributed by atoms with Crippen molar-refractivity contribution in [3.05, 3.63) is 91.9 Å². The molecule has 164 valence electrons. The van der Waals surface area contributed by atoms with Crippen molar-refractivity contribution >= 4 is 39.5 Å². The number of non-ortho nitro benzene ring substituents is 1. The number of halogens is 1. The third-order valence-electron chi connectivity index (χ3n) is 4.34. The van der Waals surface area contributed by atoms with E-state index in [1.165, 1.54) is 24.3 Å². The molecule has 3 rings (SSSR count). The van der Waals surface area contributed by atoms with Gasteiger partial charge < -0.3 is 14.6 Å². The van der Waals surface area contributed by atoms with Crippen molar-refractivity contribution in [3.8, 4) is 11.5 Å². The predicted octanol–water partition coefficient (Wildman–Crippen LogP) is 5.78. The van der Waals surface area contributed by atoms with Crippen LogP contribution in [0.25, 0.3) is 0 Å². The van der Waals surface area contributed by atoms with Crippen LogP contribution in [-0.4, -0.2) is 28.8 Å². The summed E-state index contributed by atoms with van der Waals surface area (Å²) in [5.74, 6) is 0.0562. The van der Waals surface area contributed by atoms with Crippen molar-refractivity contribution in [1.29, 1.82) is 0 Å². The van der Waals surface area contributed by atoms with Gasteiger partial charge in [-0.25, -0.2) is 4.79 Å². The van der Waals surface area contributed by atoms with Crippen LogP contribution in [0.15, 0.2) is 70.1 Å². The first-order valence-corrected chi connectivity index (χ1v) is 10.4. The summed E-state index contributed by atoms with van der Waals surface area (Å²) >= 11 is 3.50. The number of aliphatic imine (C=N–C) groups is 1. The van der Waals surface area contributed by atoms with Crippen molar-refractivity contribution in [2.45, 2.75) is 13.5 Å². The Morgan fingerprint density at radius 2 is 1.81 bits per heavy atom. The monoisotopic (exact) mass is 498 g/mol. The molecule has 0 aliphatic rings. The lowest BCUT2D eigenvalue weighted by molar-refractivity contribution is -0.384. The number of aromatic carboxylic acids is 1. The highest BCUT2D eigenvalue weighted by Gasteiger charge is 2.13. The minimum absolute atomic E-state index is 0.00410. The molecule has 0 aliphatic carbocycles. The van der Waals surface area contributed by atoms with Gasteiger partial charge in [0.2, 0.25) is 0 Å². The molecule has 0 amide bonds. The summed E-state index contributed by atoms with van der Waals surface area (Å²) < 4.78 is 12.3. The summed E-state index contributed by atoms with van der Waals surface area (Å²) in [6.45, 7) is 2.52. The molecule has 0 spiro atoms. The molecule has 1 N–H and O–H groups in total. The molecule has 0 saturated heterocycles. The Balaban J connectivity index is 1.77. The second-order valence-electron chi connectivity index (χ2n) is 6.59. The third kappa shape index (κ3) is 5.92. The standard InChI is InChI=1S/C23H19BrN2O6/c1-2-31-21-12-16(13-25-18-7-9-19(10-8-18)26(29)30)11-20(24)22(21)32-14-15-3-5-17(6-4-15)23(27)28/h3-13H,2,14H2,1H3,(H,27,28). The number of nitro benzene ring substituents is 1. The molecule has 0 atom stereocenters. The Morgan fingerprint density at radius 1 is 1.12 bits per heavy atom. The van der Waals surface area contributed by atoms with Gasteiger partial charge in [0.15, 0.2) is 11.5 Å². The van der Waals surface area contributed by atoms with Crippen LogP contribution in [-0.2, 0) is 6.61 Å². The Labute approximate surface area is 192 Å². The van der Waals surface area contributed by atoms with E-state index in [9.17, 15) is 14.9 Å². The Hall–Kier alpha value is -3.72. The second kappa shape index (κ2) is 10.5. The summed E-state index contributed by atoms with van der Waals surface area (Å²) in [5.41, 5.74) is 2.35. The van der Waals surface area contributed by atoms with Crippen molar-refractivity contribution in [1.82, 2.24) is 0 Å². The van der Waals surface area contributed by atoms with Gasteiger partial charge in [-0.2, -0.15) is 0 Å². The second-order valence-corrected chi connectivity index (χ2v) is 7.44. The average molecular weight is 499 g/mol. The first-order chi connectivity index (χ1) is 15.4. The molecule has 3 aromatic carbocycles. The molecule has 0 fully saturated rings. The van der Waals surface area contributed by atoms with Gasteiger partial charge in [-0.1, -0.05) is 12.1 Å². The van der Waals surface area contributed by atoms with E-state index in [0.29, 0.717) is 28.3 Å². The van der Waals surface area contributed by atoms with Crippen LogP contribution in [0.3, 0.4) is 0 Å². The van der Waals surface area contributed by atoms with Gasteiger partial charge in [-0.3, -0.25) is 15.1 Å². The van der Waals surface area contributed by atoms with Gasteiger partial charge >= 0.3 is 5.97 Å². The van der Waals surface area contributed by atoms with Crippen LogP contribution in [0.4, 0.5) is 11.4 Å². The molecular formula is C23H19BrN2O6. The van der Waals surface area contributed by atoms with Gasteiger partial charge in [-0.15, -0.1) is 0 Å². The fourth-order valence-electron chi connectivity index (χ4n) is 2.77. The summed E-state index contributed by atoms with van der Waals surface area (Å²) in [5, 5.41) is 19.8. The molecule has 0 heterocycles. The van der Waals surface area contributed by atoms with Gasteiger partial charge in [0.05, 0.1) is 27.3 Å². The highest BCUT2D eigenvalue weighted by atomic mass is 79.9. The Kier molecular flexibility index (Phi) is 7.56. The number of carboxylic acids is 1. The minimum Gasteiger partial charge on any atom is -0.490 e. The maximum absolute atomic E-state index is 11.0. The fourth-order valence-corrected chi connectivity index (χ4v) is 3.35. The quantitative estimate of drug-likeness (QED) is 0.227. The number of nitrogens with zero attached hydrogens (tertiary/aromatic N) is 2. The van der Waals surface area contributed by atoms with Crippen LogP contribution in [0, 0.1) is 10.1 Å². The number of carboxylic acid groups (broad SMARTS) is 1. The molecule has 8 nitrogen and oxygen atoms in total. The predicted molar refractivity (Wildman–Crippen MR) is 123 cm³/mol. The number of ether oxygens (including phenoxy) is 2. The van der Waals surface area contributed by atoms with E-state index in [1.54, 1.807) is 36.5 Å². The lowest BCUT2D eigenvalue weighted by Crippen LogP contribution is -2.02. The van der Waals surface area contributed by atoms with E-state index in [1.807, 2.05) is 13.0 Å². The average Bonchev–Trinajstić information content (AvgIpc) is 2.78. The van der Waals surface area contributed by atoms with E-state index in [2.05, 4.69) is 20.9 Å². The zero-order chi connectivity index (χ0) is 23.1. The van der Waals surface area contributed by atoms with Crippen molar-refractivity contribution < 1.29 is 24.3 Å². The highest BCUT2D eigenvalue weighted by Crippen LogP contribution is 2.37. The van der Waals surface area contributed by atoms with Crippen molar-refractivity contribution in [2.75, 3.05) is 6.61 Å². The number of hydrogen-bond acceptors (Lipinski definition) is 6. The lowest BCUT2D eigenvalue weighted by atomic mass is 10.1. The van der Waals surface area contributed by atoms with Crippen LogP contribution < -0.4 is 9.47 Å². The summed E-state index contributed by atoms with van der Waals surface area (Å²) in [6, 6.07) is 16.0.